The van der Waals surface area contributed by atoms with Gasteiger partial charge in [0, 0.05) is 16.8 Å². The first kappa shape index (κ1) is 18.4. The highest BCUT2D eigenvalue weighted by Crippen LogP contribution is 2.26. The van der Waals surface area contributed by atoms with Crippen LogP contribution in [-0.2, 0) is 4.79 Å². The van der Waals surface area contributed by atoms with Gasteiger partial charge in [-0.3, -0.25) is 4.79 Å². The van der Waals surface area contributed by atoms with Crippen molar-refractivity contribution in [2.45, 2.75) is 6.92 Å². The van der Waals surface area contributed by atoms with Crippen LogP contribution < -0.4 is 5.32 Å². The summed E-state index contributed by atoms with van der Waals surface area (Å²) in [6.45, 7) is 1.76. The molecule has 0 unspecified atom stereocenters. The molecule has 0 fully saturated rings. The van der Waals surface area contributed by atoms with E-state index in [0.29, 0.717) is 27.6 Å². The van der Waals surface area contributed by atoms with E-state index in [4.69, 9.17) is 16.0 Å². The van der Waals surface area contributed by atoms with Gasteiger partial charge >= 0.3 is 0 Å². The molecule has 0 spiro atoms. The lowest BCUT2D eigenvalue weighted by Gasteiger charge is -2.08. The monoisotopic (exact) mass is 380 g/mol. The number of furan rings is 1. The number of carbonyl (C=O) groups excluding carboxylic acids is 1. The molecule has 0 atom stereocenters. The predicted octanol–water partition coefficient (Wildman–Crippen LogP) is 5.59. The number of rotatable bonds is 4. The van der Waals surface area contributed by atoms with Crippen LogP contribution in [0.25, 0.3) is 17.4 Å². The normalized spacial score (nSPS) is 11.1. The Hall–Kier alpha value is -3.36. The first-order valence-electron chi connectivity index (χ1n) is 8.02. The molecule has 3 rings (SSSR count). The molecule has 0 radical (unpaired) electrons. The molecule has 1 heterocycles. The van der Waals surface area contributed by atoms with Gasteiger partial charge in [0.1, 0.15) is 29.0 Å². The third-order valence-corrected chi connectivity index (χ3v) is 4.34. The minimum Gasteiger partial charge on any atom is -0.457 e. The third-order valence-electron chi connectivity index (χ3n) is 3.93. The van der Waals surface area contributed by atoms with Crippen molar-refractivity contribution >= 4 is 29.3 Å². The number of anilines is 1. The fourth-order valence-electron chi connectivity index (χ4n) is 2.46. The summed E-state index contributed by atoms with van der Waals surface area (Å²) in [7, 11) is 0. The highest BCUT2D eigenvalue weighted by molar-refractivity contribution is 6.31. The van der Waals surface area contributed by atoms with Gasteiger partial charge in [0.15, 0.2) is 0 Å². The Morgan fingerprint density at radius 1 is 1.19 bits per heavy atom. The Morgan fingerprint density at radius 3 is 2.70 bits per heavy atom. The lowest BCUT2D eigenvalue weighted by atomic mass is 10.1. The molecule has 0 saturated carbocycles. The second-order valence-electron chi connectivity index (χ2n) is 5.72. The quantitative estimate of drug-likeness (QED) is 0.473. The lowest BCUT2D eigenvalue weighted by molar-refractivity contribution is -0.112. The van der Waals surface area contributed by atoms with Gasteiger partial charge in [-0.05, 0) is 48.9 Å². The molecule has 0 saturated heterocycles. The Kier molecular flexibility index (Phi) is 5.39. The molecule has 6 heteroatoms. The van der Waals surface area contributed by atoms with E-state index in [9.17, 15) is 14.4 Å². The van der Waals surface area contributed by atoms with Gasteiger partial charge in [-0.15, -0.1) is 0 Å². The van der Waals surface area contributed by atoms with Crippen LogP contribution in [0, 0.1) is 24.1 Å². The van der Waals surface area contributed by atoms with Gasteiger partial charge in [0.2, 0.25) is 0 Å². The fraction of sp³-hybridized carbons (Fsp3) is 0.0476. The van der Waals surface area contributed by atoms with Crippen molar-refractivity contribution in [1.82, 2.24) is 0 Å². The summed E-state index contributed by atoms with van der Waals surface area (Å²) in [6.07, 6.45) is 1.31. The first-order valence-corrected chi connectivity index (χ1v) is 8.40. The summed E-state index contributed by atoms with van der Waals surface area (Å²) in [4.78, 5) is 12.4. The molecule has 2 aromatic carbocycles. The van der Waals surface area contributed by atoms with Crippen LogP contribution in [0.1, 0.15) is 11.3 Å². The highest BCUT2D eigenvalue weighted by Gasteiger charge is 2.14. The molecule has 1 amide bonds. The third kappa shape index (κ3) is 4.08. The molecule has 3 aromatic rings. The maximum absolute atomic E-state index is 13.9. The maximum atomic E-state index is 13.9. The zero-order valence-electron chi connectivity index (χ0n) is 14.3. The summed E-state index contributed by atoms with van der Waals surface area (Å²) in [5.41, 5.74) is 1.36. The molecule has 1 N–H and O–H groups in total. The topological polar surface area (TPSA) is 66.0 Å². The zero-order valence-corrected chi connectivity index (χ0v) is 15.0. The Labute approximate surface area is 160 Å². The van der Waals surface area contributed by atoms with E-state index in [2.05, 4.69) is 5.32 Å². The van der Waals surface area contributed by atoms with Gasteiger partial charge < -0.3 is 9.73 Å². The number of amides is 1. The van der Waals surface area contributed by atoms with Crippen molar-refractivity contribution in [3.63, 3.8) is 0 Å². The number of halogens is 2. The van der Waals surface area contributed by atoms with Crippen LogP contribution in [0.5, 0.6) is 0 Å². The number of nitriles is 1. The van der Waals surface area contributed by atoms with E-state index in [0.717, 1.165) is 0 Å². The summed E-state index contributed by atoms with van der Waals surface area (Å²) in [6, 6.07) is 16.3. The molecule has 0 bridgehead atoms. The fourth-order valence-corrected chi connectivity index (χ4v) is 2.63. The summed E-state index contributed by atoms with van der Waals surface area (Å²) in [5, 5.41) is 12.5. The van der Waals surface area contributed by atoms with Crippen molar-refractivity contribution in [3.8, 4) is 17.4 Å². The van der Waals surface area contributed by atoms with E-state index < -0.39 is 11.7 Å². The van der Waals surface area contributed by atoms with E-state index in [1.807, 2.05) is 6.07 Å². The van der Waals surface area contributed by atoms with Gasteiger partial charge in [-0.25, -0.2) is 4.39 Å². The van der Waals surface area contributed by atoms with Crippen LogP contribution >= 0.6 is 11.6 Å². The van der Waals surface area contributed by atoms with Crippen LogP contribution in [0.4, 0.5) is 10.1 Å². The molecule has 0 aliphatic carbocycles. The van der Waals surface area contributed by atoms with Crippen molar-refractivity contribution in [1.29, 1.82) is 5.26 Å². The Morgan fingerprint density at radius 2 is 1.96 bits per heavy atom. The van der Waals surface area contributed by atoms with Crippen LogP contribution in [0.2, 0.25) is 5.02 Å². The highest BCUT2D eigenvalue weighted by atomic mass is 35.5. The van der Waals surface area contributed by atoms with E-state index in [-0.39, 0.29) is 11.3 Å². The molecule has 1 aromatic heterocycles. The standard InChI is InChI=1S/C21H14ClFN2O2/c1-13-17(22)6-4-8-19(13)25-21(26)14(12-24)11-15-9-10-20(27-15)16-5-2-3-7-18(16)23/h2-11H,1H3,(H,25,26)/b14-11+. The second-order valence-corrected chi connectivity index (χ2v) is 6.13. The van der Waals surface area contributed by atoms with Crippen molar-refractivity contribution in [2.24, 2.45) is 0 Å². The predicted molar refractivity (Wildman–Crippen MR) is 103 cm³/mol. The van der Waals surface area contributed by atoms with Gasteiger partial charge in [-0.2, -0.15) is 5.26 Å². The minimum atomic E-state index is -0.591. The first-order chi connectivity index (χ1) is 13.0. The summed E-state index contributed by atoms with van der Waals surface area (Å²) in [5.74, 6) is -0.436. The molecule has 4 nitrogen and oxygen atoms in total. The Balaban J connectivity index is 1.85. The van der Waals surface area contributed by atoms with Crippen LogP contribution in [0.15, 0.2) is 64.6 Å². The number of benzene rings is 2. The average Bonchev–Trinajstić information content (AvgIpc) is 3.12. The SMILES string of the molecule is Cc1c(Cl)cccc1NC(=O)/C(C#N)=C/c1ccc(-c2ccccc2F)o1. The van der Waals surface area contributed by atoms with Crippen molar-refractivity contribution in [2.75, 3.05) is 5.32 Å². The molecule has 134 valence electrons. The smallest absolute Gasteiger partial charge is 0.266 e. The molecular weight excluding hydrogens is 367 g/mol. The lowest BCUT2D eigenvalue weighted by Crippen LogP contribution is -2.14. The summed E-state index contributed by atoms with van der Waals surface area (Å²) >= 11 is 6.04. The number of hydrogen-bond acceptors (Lipinski definition) is 3. The average molecular weight is 381 g/mol. The molecule has 0 aliphatic heterocycles. The van der Waals surface area contributed by atoms with E-state index in [1.165, 1.54) is 12.1 Å². The zero-order chi connectivity index (χ0) is 19.4. The number of nitrogens with zero attached hydrogens (tertiary/aromatic N) is 1. The van der Waals surface area contributed by atoms with Gasteiger partial charge in [0.05, 0.1) is 5.56 Å². The number of carbonyl (C=O) groups is 1. The van der Waals surface area contributed by atoms with Crippen LogP contribution in [0.3, 0.4) is 0 Å². The van der Waals surface area contributed by atoms with E-state index in [1.54, 1.807) is 55.5 Å². The minimum absolute atomic E-state index is 0.149. The molecule has 27 heavy (non-hydrogen) atoms. The van der Waals surface area contributed by atoms with Crippen molar-refractivity contribution in [3.05, 3.63) is 82.3 Å². The number of nitrogens with one attached hydrogen (secondary N) is 1. The maximum Gasteiger partial charge on any atom is 0.266 e. The largest absolute Gasteiger partial charge is 0.457 e. The number of hydrogen-bond donors (Lipinski definition) is 1. The van der Waals surface area contributed by atoms with Gasteiger partial charge in [0.25, 0.3) is 5.91 Å². The van der Waals surface area contributed by atoms with E-state index >= 15 is 0 Å². The molecule has 0 aliphatic rings. The van der Waals surface area contributed by atoms with Crippen LogP contribution in [-0.4, -0.2) is 5.91 Å². The second kappa shape index (κ2) is 7.90. The Bertz CT molecular complexity index is 1080. The van der Waals surface area contributed by atoms with Crippen molar-refractivity contribution < 1.29 is 13.6 Å². The summed E-state index contributed by atoms with van der Waals surface area (Å²) < 4.78 is 19.4. The molecular formula is C21H14ClFN2O2. The van der Waals surface area contributed by atoms with Gasteiger partial charge in [-0.1, -0.05) is 29.8 Å².